The van der Waals surface area contributed by atoms with E-state index in [1.54, 1.807) is 0 Å². The van der Waals surface area contributed by atoms with Crippen LogP contribution in [0.15, 0.2) is 0 Å². The molecule has 0 radical (unpaired) electrons. The van der Waals surface area contributed by atoms with Crippen LogP contribution in [0.2, 0.25) is 0 Å². The van der Waals surface area contributed by atoms with Gasteiger partial charge in [-0.25, -0.2) is 0 Å². The van der Waals surface area contributed by atoms with Crippen LogP contribution in [0.4, 0.5) is 0 Å². The first-order valence-corrected chi connectivity index (χ1v) is 11.4. The molecule has 0 aromatic rings. The van der Waals surface area contributed by atoms with E-state index in [-0.39, 0.29) is 0 Å². The third-order valence-electron chi connectivity index (χ3n) is 8.99. The molecule has 3 aliphatic carbocycles. The summed E-state index contributed by atoms with van der Waals surface area (Å²) in [6, 6.07) is 0. The number of hydrogen-bond donors (Lipinski definition) is 0. The molecule has 0 N–H and O–H groups in total. The Balaban J connectivity index is 0.00000100. The van der Waals surface area contributed by atoms with Crippen molar-refractivity contribution in [2.75, 3.05) is 0 Å². The van der Waals surface area contributed by atoms with Crippen LogP contribution in [0.5, 0.6) is 0 Å². The van der Waals surface area contributed by atoms with Crippen LogP contribution in [0.1, 0.15) is 113 Å². The molecule has 0 heterocycles. The Kier molecular flexibility index (Phi) is 6.88. The fraction of sp³-hybridized carbons (Fsp3) is 1.00. The highest BCUT2D eigenvalue weighted by Gasteiger charge is 2.54. The highest BCUT2D eigenvalue weighted by Crippen LogP contribution is 2.63. The average Bonchev–Trinajstić information content (AvgIpc) is 2.88. The van der Waals surface area contributed by atoms with Crippen molar-refractivity contribution >= 4 is 0 Å². The summed E-state index contributed by atoms with van der Waals surface area (Å²) in [4.78, 5) is 0. The summed E-state index contributed by atoms with van der Waals surface area (Å²) in [7, 11) is 0. The van der Waals surface area contributed by atoms with Gasteiger partial charge in [-0.1, -0.05) is 61.3 Å². The monoisotopic (exact) mass is 334 g/mol. The van der Waals surface area contributed by atoms with Gasteiger partial charge in [-0.15, -0.1) is 0 Å². The second kappa shape index (κ2) is 8.13. The highest BCUT2D eigenvalue weighted by atomic mass is 14.6. The minimum atomic E-state index is 0.664. The second-order valence-electron chi connectivity index (χ2n) is 9.98. The van der Waals surface area contributed by atoms with Crippen molar-refractivity contribution in [3.05, 3.63) is 0 Å². The molecule has 24 heavy (non-hydrogen) atoms. The Hall–Kier alpha value is 0. The molecule has 0 saturated heterocycles. The van der Waals surface area contributed by atoms with Gasteiger partial charge in [-0.2, -0.15) is 0 Å². The Morgan fingerprint density at radius 3 is 2.00 bits per heavy atom. The topological polar surface area (TPSA) is 0 Å². The van der Waals surface area contributed by atoms with Gasteiger partial charge in [0.1, 0.15) is 0 Å². The average molecular weight is 335 g/mol. The molecule has 142 valence electrons. The lowest BCUT2D eigenvalue weighted by molar-refractivity contribution is -0.0475. The molecule has 3 rings (SSSR count). The minimum absolute atomic E-state index is 0.664. The normalized spacial score (nSPS) is 48.4. The summed E-state index contributed by atoms with van der Waals surface area (Å²) in [5.41, 5.74) is 1.34. The van der Waals surface area contributed by atoms with E-state index in [2.05, 4.69) is 34.6 Å². The molecule has 3 saturated carbocycles. The first-order chi connectivity index (χ1) is 11.4. The van der Waals surface area contributed by atoms with Crippen LogP contribution in [-0.4, -0.2) is 0 Å². The van der Waals surface area contributed by atoms with Crippen molar-refractivity contribution < 1.29 is 0 Å². The van der Waals surface area contributed by atoms with Crippen molar-refractivity contribution in [2.45, 2.75) is 113 Å². The van der Waals surface area contributed by atoms with Gasteiger partial charge < -0.3 is 0 Å². The lowest BCUT2D eigenvalue weighted by Gasteiger charge is -2.54. The lowest BCUT2D eigenvalue weighted by atomic mass is 9.51. The number of hydrogen-bond acceptors (Lipinski definition) is 0. The van der Waals surface area contributed by atoms with Gasteiger partial charge in [0.2, 0.25) is 0 Å². The van der Waals surface area contributed by atoms with E-state index in [1.165, 1.54) is 64.2 Å². The molecule has 5 unspecified atom stereocenters. The summed E-state index contributed by atoms with van der Waals surface area (Å²) in [6.07, 6.45) is 15.0. The molecular formula is C24H46. The van der Waals surface area contributed by atoms with Crippen LogP contribution in [0.25, 0.3) is 0 Å². The van der Waals surface area contributed by atoms with E-state index in [0.717, 1.165) is 29.6 Å². The predicted octanol–water partition coefficient (Wildman–Crippen LogP) is 8.11. The van der Waals surface area contributed by atoms with E-state index >= 15 is 0 Å². The van der Waals surface area contributed by atoms with Crippen LogP contribution >= 0.6 is 0 Å². The van der Waals surface area contributed by atoms with E-state index in [0.29, 0.717) is 10.8 Å². The zero-order chi connectivity index (χ0) is 18.0. The first kappa shape index (κ1) is 20.3. The van der Waals surface area contributed by atoms with Gasteiger partial charge in [-0.05, 0) is 91.8 Å². The molecular weight excluding hydrogens is 288 g/mol. The smallest absolute Gasteiger partial charge is 0.0269 e. The molecule has 3 aliphatic rings. The standard InChI is InChI=1S/C22H40.C2H6/c1-6-7-18-10-13-21(4,14-11-18)19-12-15-22(5)16(2)8-9-20(22)17(19)3;1-2/h16-20H,6-15H2,1-5H3;1-2H3. The second-order valence-corrected chi connectivity index (χ2v) is 9.98. The maximum absolute atomic E-state index is 2.66. The Bertz CT molecular complexity index is 375. The highest BCUT2D eigenvalue weighted by molar-refractivity contribution is 5.03. The summed E-state index contributed by atoms with van der Waals surface area (Å²) in [5, 5.41) is 0. The Morgan fingerprint density at radius 2 is 1.42 bits per heavy atom. The van der Waals surface area contributed by atoms with Crippen molar-refractivity contribution in [3.63, 3.8) is 0 Å². The molecule has 0 aromatic carbocycles. The molecule has 0 spiro atoms. The van der Waals surface area contributed by atoms with E-state index in [4.69, 9.17) is 0 Å². The molecule has 0 bridgehead atoms. The van der Waals surface area contributed by atoms with Crippen LogP contribution in [0.3, 0.4) is 0 Å². The van der Waals surface area contributed by atoms with Gasteiger partial charge in [-0.3, -0.25) is 0 Å². The molecule has 0 nitrogen and oxygen atoms in total. The maximum atomic E-state index is 2.66. The summed E-state index contributed by atoms with van der Waals surface area (Å²) in [6.45, 7) is 16.8. The van der Waals surface area contributed by atoms with E-state index < -0.39 is 0 Å². The fourth-order valence-electron chi connectivity index (χ4n) is 7.15. The molecule has 3 fully saturated rings. The molecule has 0 amide bonds. The van der Waals surface area contributed by atoms with Gasteiger partial charge in [0.05, 0.1) is 0 Å². The fourth-order valence-corrected chi connectivity index (χ4v) is 7.15. The van der Waals surface area contributed by atoms with Crippen LogP contribution in [0, 0.1) is 40.4 Å². The van der Waals surface area contributed by atoms with Gasteiger partial charge in [0.15, 0.2) is 0 Å². The quantitative estimate of drug-likeness (QED) is 0.489. The largest absolute Gasteiger partial charge is 0.0683 e. The molecule has 0 heteroatoms. The number of rotatable bonds is 3. The van der Waals surface area contributed by atoms with Crippen molar-refractivity contribution in [1.29, 1.82) is 0 Å². The maximum Gasteiger partial charge on any atom is -0.0269 e. The lowest BCUT2D eigenvalue weighted by Crippen LogP contribution is -2.46. The molecule has 5 atom stereocenters. The zero-order valence-electron chi connectivity index (χ0n) is 18.0. The summed E-state index contributed by atoms with van der Waals surface area (Å²) >= 11 is 0. The third-order valence-corrected chi connectivity index (χ3v) is 8.99. The molecule has 0 aromatic heterocycles. The summed E-state index contributed by atoms with van der Waals surface area (Å²) < 4.78 is 0. The minimum Gasteiger partial charge on any atom is -0.0683 e. The molecule has 0 aliphatic heterocycles. The van der Waals surface area contributed by atoms with Crippen molar-refractivity contribution in [3.8, 4) is 0 Å². The summed E-state index contributed by atoms with van der Waals surface area (Å²) in [5.74, 6) is 5.02. The third kappa shape index (κ3) is 3.59. The van der Waals surface area contributed by atoms with Gasteiger partial charge in [0.25, 0.3) is 0 Å². The SMILES string of the molecule is CC.CCCC1CCC(C)(C2CCC3(C)C(C)CCC3C2C)CC1. The van der Waals surface area contributed by atoms with Crippen molar-refractivity contribution in [1.82, 2.24) is 0 Å². The van der Waals surface area contributed by atoms with Crippen molar-refractivity contribution in [2.24, 2.45) is 40.4 Å². The van der Waals surface area contributed by atoms with Crippen LogP contribution in [-0.2, 0) is 0 Å². The Morgan fingerprint density at radius 1 is 0.792 bits per heavy atom. The predicted molar refractivity (Wildman–Crippen MR) is 108 cm³/mol. The zero-order valence-corrected chi connectivity index (χ0v) is 18.0. The first-order valence-electron chi connectivity index (χ1n) is 11.4. The van der Waals surface area contributed by atoms with E-state index in [1.807, 2.05) is 13.8 Å². The number of fused-ring (bicyclic) bond motifs is 1. The van der Waals surface area contributed by atoms with Crippen LogP contribution < -0.4 is 0 Å². The van der Waals surface area contributed by atoms with E-state index in [9.17, 15) is 0 Å². The Labute approximate surface area is 153 Å². The van der Waals surface area contributed by atoms with Gasteiger partial charge in [0, 0.05) is 0 Å². The van der Waals surface area contributed by atoms with Gasteiger partial charge >= 0.3 is 0 Å².